The SMILES string of the molecule is O=C(O)C=NOCc1c(F)cccc1CBr. The van der Waals surface area contributed by atoms with Gasteiger partial charge in [-0.25, -0.2) is 9.18 Å². The fourth-order valence-electron chi connectivity index (χ4n) is 1.07. The number of oxime groups is 1. The zero-order chi connectivity index (χ0) is 12.0. The molecule has 0 spiro atoms. The van der Waals surface area contributed by atoms with Gasteiger partial charge in [0.05, 0.1) is 0 Å². The number of halogens is 2. The van der Waals surface area contributed by atoms with Gasteiger partial charge in [0.25, 0.3) is 0 Å². The first-order chi connectivity index (χ1) is 7.65. The average molecular weight is 290 g/mol. The van der Waals surface area contributed by atoms with Crippen LogP contribution in [-0.4, -0.2) is 17.3 Å². The van der Waals surface area contributed by atoms with E-state index in [1.165, 1.54) is 6.07 Å². The molecule has 1 aromatic carbocycles. The molecule has 0 unspecified atom stereocenters. The zero-order valence-corrected chi connectivity index (χ0v) is 9.78. The molecule has 0 aliphatic rings. The molecule has 0 atom stereocenters. The van der Waals surface area contributed by atoms with Crippen LogP contribution in [0.5, 0.6) is 0 Å². The van der Waals surface area contributed by atoms with Crippen LogP contribution < -0.4 is 0 Å². The summed E-state index contributed by atoms with van der Waals surface area (Å²) in [6.45, 7) is -0.0998. The van der Waals surface area contributed by atoms with Crippen LogP contribution in [0.4, 0.5) is 4.39 Å². The van der Waals surface area contributed by atoms with Crippen LogP contribution in [0, 0.1) is 5.82 Å². The Bertz CT molecular complexity index is 409. The molecule has 0 radical (unpaired) electrons. The average Bonchev–Trinajstić information content (AvgIpc) is 2.25. The van der Waals surface area contributed by atoms with Gasteiger partial charge in [0, 0.05) is 10.9 Å². The Morgan fingerprint density at radius 1 is 1.62 bits per heavy atom. The molecule has 0 aliphatic carbocycles. The van der Waals surface area contributed by atoms with Crippen molar-refractivity contribution >= 4 is 28.1 Å². The largest absolute Gasteiger partial charge is 0.477 e. The molecule has 1 N–H and O–H groups in total. The summed E-state index contributed by atoms with van der Waals surface area (Å²) in [5.41, 5.74) is 1.10. The summed E-state index contributed by atoms with van der Waals surface area (Å²) < 4.78 is 13.4. The number of hydrogen-bond donors (Lipinski definition) is 1. The molecule has 16 heavy (non-hydrogen) atoms. The van der Waals surface area contributed by atoms with Gasteiger partial charge in [0.1, 0.15) is 12.4 Å². The smallest absolute Gasteiger partial charge is 0.350 e. The standard InChI is InChI=1S/C10H9BrFNO3/c11-4-7-2-1-3-9(12)8(7)6-16-13-5-10(14)15/h1-3,5H,4,6H2,(H,14,15). The number of aliphatic carboxylic acids is 1. The summed E-state index contributed by atoms with van der Waals surface area (Å²) in [7, 11) is 0. The van der Waals surface area contributed by atoms with Crippen molar-refractivity contribution in [3.8, 4) is 0 Å². The van der Waals surface area contributed by atoms with Gasteiger partial charge in [-0.2, -0.15) is 0 Å². The minimum Gasteiger partial charge on any atom is -0.477 e. The third-order valence-electron chi connectivity index (χ3n) is 1.81. The lowest BCUT2D eigenvalue weighted by Gasteiger charge is -2.06. The van der Waals surface area contributed by atoms with Gasteiger partial charge in [-0.05, 0) is 11.6 Å². The van der Waals surface area contributed by atoms with Crippen molar-refractivity contribution in [3.63, 3.8) is 0 Å². The molecule has 0 aromatic heterocycles. The minimum atomic E-state index is -1.21. The second-order valence-corrected chi connectivity index (χ2v) is 3.42. The summed E-state index contributed by atoms with van der Waals surface area (Å²) in [5, 5.41) is 11.9. The quantitative estimate of drug-likeness (QED) is 0.514. The fourth-order valence-corrected chi connectivity index (χ4v) is 1.60. The van der Waals surface area contributed by atoms with Crippen molar-refractivity contribution in [2.24, 2.45) is 5.16 Å². The molecule has 86 valence electrons. The van der Waals surface area contributed by atoms with Crippen LogP contribution in [0.3, 0.4) is 0 Å². The first-order valence-corrected chi connectivity index (χ1v) is 5.47. The highest BCUT2D eigenvalue weighted by molar-refractivity contribution is 9.08. The highest BCUT2D eigenvalue weighted by atomic mass is 79.9. The summed E-state index contributed by atoms with van der Waals surface area (Å²) in [6, 6.07) is 4.65. The molecule has 6 heteroatoms. The highest BCUT2D eigenvalue weighted by Crippen LogP contribution is 2.17. The maximum atomic E-state index is 13.4. The third-order valence-corrected chi connectivity index (χ3v) is 2.41. The fraction of sp³-hybridized carbons (Fsp3) is 0.200. The number of carboxylic acid groups (broad SMARTS) is 1. The van der Waals surface area contributed by atoms with Crippen molar-refractivity contribution in [3.05, 3.63) is 35.1 Å². The van der Waals surface area contributed by atoms with E-state index in [0.717, 1.165) is 5.56 Å². The minimum absolute atomic E-state index is 0.0998. The highest BCUT2D eigenvalue weighted by Gasteiger charge is 2.07. The van der Waals surface area contributed by atoms with Gasteiger partial charge in [0.15, 0.2) is 6.21 Å². The Morgan fingerprint density at radius 3 is 3.00 bits per heavy atom. The molecule has 1 rings (SSSR count). The normalized spacial score (nSPS) is 10.6. The van der Waals surface area contributed by atoms with Crippen LogP contribution in [0.1, 0.15) is 11.1 Å². The van der Waals surface area contributed by atoms with Gasteiger partial charge in [-0.1, -0.05) is 33.2 Å². The van der Waals surface area contributed by atoms with Gasteiger partial charge in [0.2, 0.25) is 0 Å². The van der Waals surface area contributed by atoms with E-state index in [0.29, 0.717) is 17.1 Å². The summed E-state index contributed by atoms with van der Waals surface area (Å²) in [5.74, 6) is -1.61. The first kappa shape index (κ1) is 12.6. The topological polar surface area (TPSA) is 58.9 Å². The molecule has 0 heterocycles. The molecule has 1 aromatic rings. The van der Waals surface area contributed by atoms with E-state index in [9.17, 15) is 9.18 Å². The second-order valence-electron chi connectivity index (χ2n) is 2.86. The zero-order valence-electron chi connectivity index (χ0n) is 8.19. The molecule has 0 aliphatic heterocycles. The van der Waals surface area contributed by atoms with Crippen LogP contribution in [-0.2, 0) is 21.6 Å². The number of nitrogens with zero attached hydrogens (tertiary/aromatic N) is 1. The predicted octanol–water partition coefficient (Wildman–Crippen LogP) is 2.31. The monoisotopic (exact) mass is 289 g/mol. The second kappa shape index (κ2) is 6.22. The molecule has 0 bridgehead atoms. The van der Waals surface area contributed by atoms with E-state index in [1.54, 1.807) is 12.1 Å². The van der Waals surface area contributed by atoms with Crippen molar-refractivity contribution in [1.82, 2.24) is 0 Å². The van der Waals surface area contributed by atoms with E-state index in [-0.39, 0.29) is 6.61 Å². The molecular weight excluding hydrogens is 281 g/mol. The van der Waals surface area contributed by atoms with Gasteiger partial charge in [-0.3, -0.25) is 0 Å². The number of alkyl halides is 1. The van der Waals surface area contributed by atoms with Crippen LogP contribution >= 0.6 is 15.9 Å². The third kappa shape index (κ3) is 3.62. The van der Waals surface area contributed by atoms with Crippen molar-refractivity contribution in [2.45, 2.75) is 11.9 Å². The lowest BCUT2D eigenvalue weighted by molar-refractivity contribution is -0.129. The summed E-state index contributed by atoms with van der Waals surface area (Å²) in [4.78, 5) is 14.8. The summed E-state index contributed by atoms with van der Waals surface area (Å²) >= 11 is 3.22. The lowest BCUT2D eigenvalue weighted by Crippen LogP contribution is -2.00. The first-order valence-electron chi connectivity index (χ1n) is 4.35. The lowest BCUT2D eigenvalue weighted by atomic mass is 10.1. The Hall–Kier alpha value is -1.43. The number of benzene rings is 1. The molecular formula is C10H9BrFNO3. The molecule has 0 saturated heterocycles. The number of carboxylic acids is 1. The van der Waals surface area contributed by atoms with Crippen molar-refractivity contribution in [2.75, 3.05) is 0 Å². The van der Waals surface area contributed by atoms with E-state index in [2.05, 4.69) is 25.9 Å². The van der Waals surface area contributed by atoms with Crippen LogP contribution in [0.15, 0.2) is 23.4 Å². The predicted molar refractivity (Wildman–Crippen MR) is 59.9 cm³/mol. The Labute approximate surface area is 99.8 Å². The Morgan fingerprint density at radius 2 is 2.38 bits per heavy atom. The Balaban J connectivity index is 2.69. The Kier molecular flexibility index (Phi) is 4.91. The van der Waals surface area contributed by atoms with E-state index >= 15 is 0 Å². The van der Waals surface area contributed by atoms with Gasteiger partial charge < -0.3 is 9.94 Å². The van der Waals surface area contributed by atoms with E-state index in [4.69, 9.17) is 5.11 Å². The van der Waals surface area contributed by atoms with Gasteiger partial charge >= 0.3 is 5.97 Å². The molecule has 0 amide bonds. The van der Waals surface area contributed by atoms with Gasteiger partial charge in [-0.15, -0.1) is 0 Å². The maximum Gasteiger partial charge on any atom is 0.350 e. The van der Waals surface area contributed by atoms with E-state index in [1.807, 2.05) is 0 Å². The summed E-state index contributed by atoms with van der Waals surface area (Å²) in [6.07, 6.45) is 0.606. The number of hydrogen-bond acceptors (Lipinski definition) is 3. The van der Waals surface area contributed by atoms with Crippen LogP contribution in [0.2, 0.25) is 0 Å². The number of carbonyl (C=O) groups is 1. The molecule has 4 nitrogen and oxygen atoms in total. The molecule has 0 saturated carbocycles. The van der Waals surface area contributed by atoms with Crippen LogP contribution in [0.25, 0.3) is 0 Å². The van der Waals surface area contributed by atoms with E-state index < -0.39 is 11.8 Å². The van der Waals surface area contributed by atoms with Crippen molar-refractivity contribution < 1.29 is 19.1 Å². The molecule has 0 fully saturated rings. The number of rotatable bonds is 5. The van der Waals surface area contributed by atoms with Crippen molar-refractivity contribution in [1.29, 1.82) is 0 Å². The maximum absolute atomic E-state index is 13.4.